The second kappa shape index (κ2) is 6.98. The molecule has 3 heterocycles. The molecule has 0 fully saturated rings. The van der Waals surface area contributed by atoms with Crippen molar-refractivity contribution >= 4 is 22.4 Å². The molecule has 9 heteroatoms. The van der Waals surface area contributed by atoms with Gasteiger partial charge in [0.1, 0.15) is 5.69 Å². The van der Waals surface area contributed by atoms with E-state index in [4.69, 9.17) is 0 Å². The van der Waals surface area contributed by atoms with Crippen molar-refractivity contribution in [3.63, 3.8) is 0 Å². The van der Waals surface area contributed by atoms with E-state index in [1.807, 2.05) is 71.6 Å². The van der Waals surface area contributed by atoms with E-state index < -0.39 is 0 Å². The van der Waals surface area contributed by atoms with Gasteiger partial charge in [0.05, 0.1) is 28.8 Å². The van der Waals surface area contributed by atoms with Crippen molar-refractivity contribution in [3.05, 3.63) is 86.8 Å². The smallest absolute Gasteiger partial charge is 0.295 e. The highest BCUT2D eigenvalue weighted by atomic mass is 16.1. The Morgan fingerprint density at radius 3 is 2.39 bits per heavy atom. The lowest BCUT2D eigenvalue weighted by molar-refractivity contribution is 0.630. The number of hydrogen-bond donors (Lipinski definition) is 1. The Hall–Kier alpha value is -4.14. The Balaban J connectivity index is 1.59. The lowest BCUT2D eigenvalue weighted by Gasteiger charge is -2.08. The number of hydrogen-bond acceptors (Lipinski definition) is 5. The molecule has 9 nitrogen and oxygen atoms in total. The lowest BCUT2D eigenvalue weighted by atomic mass is 10.2. The molecule has 0 aliphatic carbocycles. The Bertz CT molecular complexity index is 1550. The molecule has 0 unspecified atom stereocenters. The first-order chi connectivity index (χ1) is 15.0. The summed E-state index contributed by atoms with van der Waals surface area (Å²) in [6.45, 7) is 2.17. The Morgan fingerprint density at radius 1 is 0.903 bits per heavy atom. The van der Waals surface area contributed by atoms with Gasteiger partial charge in [-0.3, -0.25) is 23.2 Å². The van der Waals surface area contributed by atoms with Crippen molar-refractivity contribution in [2.75, 3.05) is 5.32 Å². The van der Waals surface area contributed by atoms with Gasteiger partial charge >= 0.3 is 0 Å². The van der Waals surface area contributed by atoms with Gasteiger partial charge in [-0.05, 0) is 31.2 Å². The van der Waals surface area contributed by atoms with Crippen LogP contribution in [0.5, 0.6) is 0 Å². The van der Waals surface area contributed by atoms with Crippen molar-refractivity contribution in [2.45, 2.75) is 13.5 Å². The number of benzene rings is 2. The quantitative estimate of drug-likeness (QED) is 0.485. The number of para-hydroxylation sites is 2. The average Bonchev–Trinajstić information content (AvgIpc) is 3.30. The summed E-state index contributed by atoms with van der Waals surface area (Å²) < 4.78 is 6.77. The van der Waals surface area contributed by atoms with E-state index in [2.05, 4.69) is 15.5 Å². The standard InChI is InChI=1S/C22H21N7O2/c1-14-19(21(31)29(27(14)3)15-9-5-4-6-10-15)23-13-18-24-25-22-26(2)20(30)16-11-7-8-12-17(16)28(18)22/h4-12,23H,13H2,1-3H3. The number of fused-ring (bicyclic) bond motifs is 3. The Morgan fingerprint density at radius 2 is 1.61 bits per heavy atom. The molecule has 0 aliphatic heterocycles. The minimum Gasteiger partial charge on any atom is -0.372 e. The van der Waals surface area contributed by atoms with Crippen LogP contribution in [0.3, 0.4) is 0 Å². The molecular weight excluding hydrogens is 394 g/mol. The van der Waals surface area contributed by atoms with E-state index in [0.717, 1.165) is 16.9 Å². The van der Waals surface area contributed by atoms with Crippen molar-refractivity contribution in [2.24, 2.45) is 14.1 Å². The minimum atomic E-state index is -0.141. The number of rotatable bonds is 4. The van der Waals surface area contributed by atoms with Gasteiger partial charge in [-0.15, -0.1) is 10.2 Å². The summed E-state index contributed by atoms with van der Waals surface area (Å²) in [5.41, 5.74) is 2.56. The van der Waals surface area contributed by atoms with Crippen LogP contribution in [-0.2, 0) is 20.6 Å². The molecule has 0 saturated heterocycles. The average molecular weight is 415 g/mol. The molecule has 31 heavy (non-hydrogen) atoms. The third-order valence-corrected chi connectivity index (χ3v) is 5.67. The molecule has 5 rings (SSSR count). The molecule has 2 aromatic carbocycles. The third kappa shape index (κ3) is 2.77. The molecule has 5 aromatic rings. The molecule has 0 aliphatic rings. The largest absolute Gasteiger partial charge is 0.372 e. The Labute approximate surface area is 176 Å². The second-order valence-corrected chi connectivity index (χ2v) is 7.42. The molecule has 3 aromatic heterocycles. The first kappa shape index (κ1) is 18.9. The summed E-state index contributed by atoms with van der Waals surface area (Å²) in [5.74, 6) is 1.06. The van der Waals surface area contributed by atoms with Crippen molar-refractivity contribution in [1.29, 1.82) is 0 Å². The summed E-state index contributed by atoms with van der Waals surface area (Å²) in [5, 5.41) is 12.3. The molecule has 156 valence electrons. The van der Waals surface area contributed by atoms with Crippen LogP contribution in [0.4, 0.5) is 5.69 Å². The summed E-state index contributed by atoms with van der Waals surface area (Å²) in [6.07, 6.45) is 0. The normalized spacial score (nSPS) is 11.5. The lowest BCUT2D eigenvalue weighted by Crippen LogP contribution is -2.22. The summed E-state index contributed by atoms with van der Waals surface area (Å²) >= 11 is 0. The predicted molar refractivity (Wildman–Crippen MR) is 119 cm³/mol. The van der Waals surface area contributed by atoms with Crippen LogP contribution in [0, 0.1) is 6.92 Å². The topological polar surface area (TPSA) is 91.2 Å². The SMILES string of the molecule is Cc1c(NCc2nnc3n(C)c(=O)c4ccccc4n23)c(=O)n(-c2ccccc2)n1C. The molecule has 0 spiro atoms. The summed E-state index contributed by atoms with van der Waals surface area (Å²) in [4.78, 5) is 25.8. The van der Waals surface area contributed by atoms with E-state index in [1.54, 1.807) is 17.8 Å². The van der Waals surface area contributed by atoms with Crippen LogP contribution in [0.15, 0.2) is 64.2 Å². The number of nitrogens with one attached hydrogen (secondary N) is 1. The highest BCUT2D eigenvalue weighted by Gasteiger charge is 2.18. The van der Waals surface area contributed by atoms with Gasteiger partial charge in [0.25, 0.3) is 11.1 Å². The highest BCUT2D eigenvalue weighted by Crippen LogP contribution is 2.17. The van der Waals surface area contributed by atoms with E-state index in [9.17, 15) is 9.59 Å². The zero-order valence-electron chi connectivity index (χ0n) is 17.4. The maximum absolute atomic E-state index is 13.1. The Kier molecular flexibility index (Phi) is 4.25. The fourth-order valence-electron chi connectivity index (χ4n) is 3.95. The van der Waals surface area contributed by atoms with E-state index >= 15 is 0 Å². The zero-order valence-corrected chi connectivity index (χ0v) is 17.4. The van der Waals surface area contributed by atoms with Crippen LogP contribution in [0.2, 0.25) is 0 Å². The van der Waals surface area contributed by atoms with Gasteiger partial charge < -0.3 is 5.32 Å². The molecule has 1 N–H and O–H groups in total. The van der Waals surface area contributed by atoms with Gasteiger partial charge in [-0.2, -0.15) is 0 Å². The van der Waals surface area contributed by atoms with Gasteiger partial charge in [0, 0.05) is 14.1 Å². The fraction of sp³-hybridized carbons (Fsp3) is 0.182. The number of nitrogens with zero attached hydrogens (tertiary/aromatic N) is 6. The molecule has 0 amide bonds. The van der Waals surface area contributed by atoms with Gasteiger partial charge in [0.15, 0.2) is 5.82 Å². The van der Waals surface area contributed by atoms with E-state index in [-0.39, 0.29) is 17.7 Å². The van der Waals surface area contributed by atoms with E-state index in [1.165, 1.54) is 4.57 Å². The molecule has 0 saturated carbocycles. The minimum absolute atomic E-state index is 0.125. The fourth-order valence-corrected chi connectivity index (χ4v) is 3.95. The predicted octanol–water partition coefficient (Wildman–Crippen LogP) is 1.99. The summed E-state index contributed by atoms with van der Waals surface area (Å²) in [6, 6.07) is 16.9. The van der Waals surface area contributed by atoms with Crippen LogP contribution >= 0.6 is 0 Å². The van der Waals surface area contributed by atoms with Gasteiger partial charge in [-0.1, -0.05) is 30.3 Å². The van der Waals surface area contributed by atoms with Gasteiger partial charge in [0.2, 0.25) is 5.78 Å². The monoisotopic (exact) mass is 415 g/mol. The molecule has 0 bridgehead atoms. The van der Waals surface area contributed by atoms with Crippen molar-refractivity contribution in [3.8, 4) is 5.69 Å². The number of aryl methyl sites for hydroxylation is 1. The maximum atomic E-state index is 13.1. The second-order valence-electron chi connectivity index (χ2n) is 7.42. The van der Waals surface area contributed by atoms with Gasteiger partial charge in [-0.25, -0.2) is 4.68 Å². The van der Waals surface area contributed by atoms with Crippen LogP contribution in [-0.4, -0.2) is 28.5 Å². The zero-order chi connectivity index (χ0) is 21.7. The maximum Gasteiger partial charge on any atom is 0.295 e. The van der Waals surface area contributed by atoms with Crippen LogP contribution in [0.25, 0.3) is 22.4 Å². The third-order valence-electron chi connectivity index (χ3n) is 5.67. The number of aromatic nitrogens is 6. The molecular formula is C22H21N7O2. The highest BCUT2D eigenvalue weighted by molar-refractivity contribution is 5.80. The van der Waals surface area contributed by atoms with Crippen LogP contribution in [0.1, 0.15) is 11.5 Å². The number of anilines is 1. The van der Waals surface area contributed by atoms with Crippen molar-refractivity contribution < 1.29 is 0 Å². The molecule has 0 radical (unpaired) electrons. The first-order valence-electron chi connectivity index (χ1n) is 9.88. The summed E-state index contributed by atoms with van der Waals surface area (Å²) in [7, 11) is 3.53. The first-order valence-corrected chi connectivity index (χ1v) is 9.88. The van der Waals surface area contributed by atoms with Crippen LogP contribution < -0.4 is 16.4 Å². The molecule has 0 atom stereocenters. The van der Waals surface area contributed by atoms with Crippen molar-refractivity contribution in [1.82, 2.24) is 28.5 Å². The van der Waals surface area contributed by atoms with E-state index in [0.29, 0.717) is 22.7 Å².